The zero-order valence-electron chi connectivity index (χ0n) is 9.37. The molecular weight excluding hydrogens is 186 g/mol. The van der Waals surface area contributed by atoms with Gasteiger partial charge in [0.25, 0.3) is 0 Å². The molecule has 0 atom stereocenters. The maximum Gasteiger partial charge on any atom is 0.0575 e. The first-order valence-electron chi connectivity index (χ1n) is 5.22. The van der Waals surface area contributed by atoms with E-state index in [4.69, 9.17) is 0 Å². The van der Waals surface area contributed by atoms with Crippen molar-refractivity contribution in [3.63, 3.8) is 0 Å². The van der Waals surface area contributed by atoms with Crippen LogP contribution in [0.25, 0.3) is 0 Å². The minimum atomic E-state index is 0.769. The van der Waals surface area contributed by atoms with E-state index in [0.29, 0.717) is 0 Å². The Morgan fingerprint density at radius 1 is 1.40 bits per heavy atom. The summed E-state index contributed by atoms with van der Waals surface area (Å²) in [4.78, 5) is 6.46. The van der Waals surface area contributed by atoms with E-state index in [1.807, 2.05) is 6.08 Å². The molecule has 0 aromatic carbocycles. The molecule has 1 N–H and O–H groups in total. The summed E-state index contributed by atoms with van der Waals surface area (Å²) in [6, 6.07) is 0. The first-order valence-corrected chi connectivity index (χ1v) is 5.22. The molecule has 15 heavy (non-hydrogen) atoms. The molecule has 1 aliphatic heterocycles. The van der Waals surface area contributed by atoms with Gasteiger partial charge >= 0.3 is 0 Å². The van der Waals surface area contributed by atoms with Gasteiger partial charge in [-0.05, 0) is 13.0 Å². The Kier molecular flexibility index (Phi) is 4.84. The first-order chi connectivity index (χ1) is 7.24. The van der Waals surface area contributed by atoms with Gasteiger partial charge in [-0.3, -0.25) is 4.99 Å². The SMILES string of the molecule is C=C/C=N\C(=C)/C=C(/C)N1CCNCC1. The van der Waals surface area contributed by atoms with E-state index in [0.717, 1.165) is 31.9 Å². The van der Waals surface area contributed by atoms with Gasteiger partial charge < -0.3 is 10.2 Å². The van der Waals surface area contributed by atoms with Gasteiger partial charge in [0.1, 0.15) is 0 Å². The Balaban J connectivity index is 2.53. The molecule has 0 aromatic rings. The molecule has 0 spiro atoms. The third-order valence-electron chi connectivity index (χ3n) is 2.34. The highest BCUT2D eigenvalue weighted by Gasteiger charge is 2.08. The van der Waals surface area contributed by atoms with Crippen molar-refractivity contribution in [2.45, 2.75) is 6.92 Å². The average Bonchev–Trinajstić information content (AvgIpc) is 2.27. The molecule has 3 nitrogen and oxygen atoms in total. The van der Waals surface area contributed by atoms with Gasteiger partial charge in [0, 0.05) is 38.1 Å². The summed E-state index contributed by atoms with van der Waals surface area (Å²) in [6.07, 6.45) is 5.31. The molecule has 1 fully saturated rings. The van der Waals surface area contributed by atoms with Crippen LogP contribution in [-0.4, -0.2) is 37.3 Å². The second kappa shape index (κ2) is 6.19. The number of allylic oxidation sites excluding steroid dienone is 3. The largest absolute Gasteiger partial charge is 0.372 e. The molecule has 1 saturated heterocycles. The Bertz CT molecular complexity index is 283. The number of nitrogens with one attached hydrogen (secondary N) is 1. The van der Waals surface area contributed by atoms with Crippen molar-refractivity contribution in [2.75, 3.05) is 26.2 Å². The quantitative estimate of drug-likeness (QED) is 0.557. The molecule has 1 aliphatic rings. The van der Waals surface area contributed by atoms with E-state index in [1.54, 1.807) is 12.3 Å². The van der Waals surface area contributed by atoms with Crippen LogP contribution in [0.4, 0.5) is 0 Å². The fourth-order valence-corrected chi connectivity index (χ4v) is 1.54. The highest BCUT2D eigenvalue weighted by Crippen LogP contribution is 2.08. The maximum atomic E-state index is 4.12. The van der Waals surface area contributed by atoms with E-state index in [2.05, 4.69) is 35.3 Å². The van der Waals surface area contributed by atoms with Crippen LogP contribution in [0.1, 0.15) is 6.92 Å². The lowest BCUT2D eigenvalue weighted by Gasteiger charge is -2.30. The summed E-state index contributed by atoms with van der Waals surface area (Å²) in [6.45, 7) is 13.7. The van der Waals surface area contributed by atoms with Crippen molar-refractivity contribution in [1.82, 2.24) is 10.2 Å². The maximum absolute atomic E-state index is 4.12. The Morgan fingerprint density at radius 3 is 2.67 bits per heavy atom. The Labute approximate surface area is 91.9 Å². The molecule has 0 bridgehead atoms. The van der Waals surface area contributed by atoms with Crippen LogP contribution in [0.2, 0.25) is 0 Å². The number of nitrogens with zero attached hydrogens (tertiary/aromatic N) is 2. The predicted molar refractivity (Wildman–Crippen MR) is 66.0 cm³/mol. The lowest BCUT2D eigenvalue weighted by Crippen LogP contribution is -2.42. The summed E-state index contributed by atoms with van der Waals surface area (Å²) >= 11 is 0. The van der Waals surface area contributed by atoms with Crippen LogP contribution in [0.5, 0.6) is 0 Å². The van der Waals surface area contributed by atoms with Crippen molar-refractivity contribution in [3.8, 4) is 0 Å². The van der Waals surface area contributed by atoms with Gasteiger partial charge in [0.05, 0.1) is 5.70 Å². The van der Waals surface area contributed by atoms with E-state index < -0.39 is 0 Å². The van der Waals surface area contributed by atoms with Crippen molar-refractivity contribution in [1.29, 1.82) is 0 Å². The van der Waals surface area contributed by atoms with Gasteiger partial charge in [-0.1, -0.05) is 19.2 Å². The normalized spacial score (nSPS) is 18.2. The molecule has 0 amide bonds. The first kappa shape index (κ1) is 11.7. The summed E-state index contributed by atoms with van der Waals surface area (Å²) in [7, 11) is 0. The number of piperazine rings is 1. The fourth-order valence-electron chi connectivity index (χ4n) is 1.54. The molecule has 0 radical (unpaired) electrons. The molecule has 1 rings (SSSR count). The summed E-state index contributed by atoms with van der Waals surface area (Å²) in [5.74, 6) is 0. The van der Waals surface area contributed by atoms with Gasteiger partial charge in [-0.25, -0.2) is 0 Å². The fraction of sp³-hybridized carbons (Fsp3) is 0.417. The Morgan fingerprint density at radius 2 is 2.07 bits per heavy atom. The minimum Gasteiger partial charge on any atom is -0.372 e. The van der Waals surface area contributed by atoms with Crippen molar-refractivity contribution in [2.24, 2.45) is 4.99 Å². The molecule has 3 heteroatoms. The van der Waals surface area contributed by atoms with Crippen LogP contribution in [-0.2, 0) is 0 Å². The topological polar surface area (TPSA) is 27.6 Å². The van der Waals surface area contributed by atoms with Gasteiger partial charge in [-0.15, -0.1) is 0 Å². The van der Waals surface area contributed by atoms with E-state index >= 15 is 0 Å². The van der Waals surface area contributed by atoms with Crippen LogP contribution in [0.3, 0.4) is 0 Å². The summed E-state index contributed by atoms with van der Waals surface area (Å²) in [5, 5.41) is 3.32. The van der Waals surface area contributed by atoms with E-state index in [-0.39, 0.29) is 0 Å². The average molecular weight is 205 g/mol. The van der Waals surface area contributed by atoms with Crippen molar-refractivity contribution >= 4 is 6.21 Å². The van der Waals surface area contributed by atoms with E-state index in [1.165, 1.54) is 5.70 Å². The minimum absolute atomic E-state index is 0.769. The molecule has 0 aromatic heterocycles. The molecule has 1 heterocycles. The second-order valence-corrected chi connectivity index (χ2v) is 3.53. The molecule has 0 aliphatic carbocycles. The zero-order chi connectivity index (χ0) is 11.1. The highest BCUT2D eigenvalue weighted by molar-refractivity contribution is 5.71. The van der Waals surface area contributed by atoms with Crippen LogP contribution < -0.4 is 5.32 Å². The van der Waals surface area contributed by atoms with Gasteiger partial charge in [0.2, 0.25) is 0 Å². The second-order valence-electron chi connectivity index (χ2n) is 3.53. The Hall–Kier alpha value is -1.35. The van der Waals surface area contributed by atoms with Crippen molar-refractivity contribution in [3.05, 3.63) is 36.7 Å². The van der Waals surface area contributed by atoms with Gasteiger partial charge in [-0.2, -0.15) is 0 Å². The number of hydrogen-bond donors (Lipinski definition) is 1. The molecule has 0 unspecified atom stereocenters. The van der Waals surface area contributed by atoms with Crippen LogP contribution in [0.15, 0.2) is 41.7 Å². The monoisotopic (exact) mass is 205 g/mol. The van der Waals surface area contributed by atoms with E-state index in [9.17, 15) is 0 Å². The predicted octanol–water partition coefficient (Wildman–Crippen LogP) is 1.57. The van der Waals surface area contributed by atoms with Crippen LogP contribution >= 0.6 is 0 Å². The third kappa shape index (κ3) is 4.13. The zero-order valence-corrected chi connectivity index (χ0v) is 9.37. The highest BCUT2D eigenvalue weighted by atomic mass is 15.2. The number of hydrogen-bond acceptors (Lipinski definition) is 3. The van der Waals surface area contributed by atoms with Crippen molar-refractivity contribution < 1.29 is 0 Å². The number of rotatable bonds is 4. The lowest BCUT2D eigenvalue weighted by molar-refractivity contribution is 0.300. The molecular formula is C12H19N3. The summed E-state index contributed by atoms with van der Waals surface area (Å²) in [5.41, 5.74) is 1.99. The molecule has 0 saturated carbocycles. The van der Waals surface area contributed by atoms with Gasteiger partial charge in [0.15, 0.2) is 0 Å². The standard InChI is InChI=1S/C12H19N3/c1-4-5-14-11(2)10-12(3)15-8-6-13-7-9-15/h4-5,10,13H,1-2,6-9H2,3H3/b12-10-,14-5-. The lowest BCUT2D eigenvalue weighted by atomic mass is 10.3. The van der Waals surface area contributed by atoms with Crippen LogP contribution in [0, 0.1) is 0 Å². The number of aliphatic imine (C=N–C) groups is 1. The summed E-state index contributed by atoms with van der Waals surface area (Å²) < 4.78 is 0. The molecule has 82 valence electrons. The smallest absolute Gasteiger partial charge is 0.0575 e. The third-order valence-corrected chi connectivity index (χ3v) is 2.34.